The minimum absolute atomic E-state index is 0.379. The summed E-state index contributed by atoms with van der Waals surface area (Å²) in [5.74, 6) is 0. The van der Waals surface area contributed by atoms with E-state index in [2.05, 4.69) is 30.5 Å². The fourth-order valence-electron chi connectivity index (χ4n) is 0.768. The highest BCUT2D eigenvalue weighted by atomic mass is 35.6. The standard InChI is InChI=1S/C7H16ClNSi/c1-3-9(4-2)6-5-7-10-8/h5,7H,3-4,6,10H2,1-2H3. The SMILES string of the molecule is CCN(CC)CC=C[SiH2]Cl. The molecule has 0 aromatic rings. The van der Waals surface area contributed by atoms with Gasteiger partial charge in [0.2, 0.25) is 0 Å². The monoisotopic (exact) mass is 177 g/mol. The van der Waals surface area contributed by atoms with E-state index in [0.29, 0.717) is 0 Å². The van der Waals surface area contributed by atoms with Crippen molar-refractivity contribution in [2.24, 2.45) is 0 Å². The summed E-state index contributed by atoms with van der Waals surface area (Å²) in [6, 6.07) is 0. The van der Waals surface area contributed by atoms with E-state index in [-0.39, 0.29) is 8.83 Å². The van der Waals surface area contributed by atoms with Crippen LogP contribution in [0.25, 0.3) is 0 Å². The number of likely N-dealkylation sites (N-methyl/N-ethyl adjacent to an activating group) is 1. The van der Waals surface area contributed by atoms with E-state index in [1.807, 2.05) is 0 Å². The molecule has 10 heavy (non-hydrogen) atoms. The largest absolute Gasteiger partial charge is 0.300 e. The topological polar surface area (TPSA) is 3.24 Å². The molecule has 0 aliphatic carbocycles. The van der Waals surface area contributed by atoms with Gasteiger partial charge in [-0.05, 0) is 13.1 Å². The number of halogens is 1. The maximum Gasteiger partial charge on any atom is 0.148 e. The highest BCUT2D eigenvalue weighted by Crippen LogP contribution is 1.86. The maximum absolute atomic E-state index is 5.60. The first kappa shape index (κ1) is 10.2. The second-order valence-electron chi connectivity index (χ2n) is 2.11. The molecule has 0 aliphatic rings. The zero-order valence-corrected chi connectivity index (χ0v) is 8.98. The molecule has 60 valence electrons. The van der Waals surface area contributed by atoms with Gasteiger partial charge in [-0.25, -0.2) is 0 Å². The Hall–Kier alpha value is 0.207. The average molecular weight is 178 g/mol. The van der Waals surface area contributed by atoms with Gasteiger partial charge in [-0.1, -0.05) is 25.6 Å². The predicted molar refractivity (Wildman–Crippen MR) is 51.3 cm³/mol. The van der Waals surface area contributed by atoms with E-state index >= 15 is 0 Å². The van der Waals surface area contributed by atoms with E-state index in [0.717, 1.165) is 19.6 Å². The molecule has 3 heteroatoms. The molecule has 0 amide bonds. The van der Waals surface area contributed by atoms with Gasteiger partial charge in [0.25, 0.3) is 0 Å². The highest BCUT2D eigenvalue weighted by molar-refractivity contribution is 6.96. The van der Waals surface area contributed by atoms with E-state index in [1.165, 1.54) is 0 Å². The van der Waals surface area contributed by atoms with Gasteiger partial charge in [0.15, 0.2) is 0 Å². The Morgan fingerprint density at radius 2 is 2.00 bits per heavy atom. The molecule has 0 rings (SSSR count). The second kappa shape index (κ2) is 7.32. The molecule has 0 aromatic carbocycles. The first-order valence-electron chi connectivity index (χ1n) is 3.78. The molecule has 0 unspecified atom stereocenters. The average Bonchev–Trinajstić information content (AvgIpc) is 1.99. The molecule has 0 fully saturated rings. The molecule has 0 saturated heterocycles. The summed E-state index contributed by atoms with van der Waals surface area (Å²) in [5.41, 5.74) is 2.12. The predicted octanol–water partition coefficient (Wildman–Crippen LogP) is 1.16. The molecule has 1 nitrogen and oxygen atoms in total. The summed E-state index contributed by atoms with van der Waals surface area (Å²) >= 11 is 5.60. The molecule has 0 radical (unpaired) electrons. The van der Waals surface area contributed by atoms with E-state index in [9.17, 15) is 0 Å². The van der Waals surface area contributed by atoms with E-state index < -0.39 is 0 Å². The summed E-state index contributed by atoms with van der Waals surface area (Å²) < 4.78 is 0. The highest BCUT2D eigenvalue weighted by Gasteiger charge is 1.92. The van der Waals surface area contributed by atoms with Crippen molar-refractivity contribution in [1.29, 1.82) is 0 Å². The van der Waals surface area contributed by atoms with Crippen LogP contribution in [0.3, 0.4) is 0 Å². The molecule has 0 atom stereocenters. The summed E-state index contributed by atoms with van der Waals surface area (Å²) in [7, 11) is -0.379. The van der Waals surface area contributed by atoms with Gasteiger partial charge in [0.1, 0.15) is 8.83 Å². The van der Waals surface area contributed by atoms with E-state index in [1.54, 1.807) is 0 Å². The summed E-state index contributed by atoms with van der Waals surface area (Å²) in [6.45, 7) is 7.67. The molecule has 0 heterocycles. The van der Waals surface area contributed by atoms with Gasteiger partial charge in [-0.3, -0.25) is 0 Å². The minimum atomic E-state index is -0.379. The number of hydrogen-bond acceptors (Lipinski definition) is 1. The first-order chi connectivity index (χ1) is 4.85. The van der Waals surface area contributed by atoms with Crippen LogP contribution in [0.1, 0.15) is 13.8 Å². The van der Waals surface area contributed by atoms with Gasteiger partial charge in [0.05, 0.1) is 0 Å². The molecule has 0 saturated carbocycles. The molecule has 0 aliphatic heterocycles. The Balaban J connectivity index is 3.34. The molecule has 0 aromatic heterocycles. The lowest BCUT2D eigenvalue weighted by molar-refractivity contribution is 0.337. The smallest absolute Gasteiger partial charge is 0.148 e. The van der Waals surface area contributed by atoms with Crippen LogP contribution in [0.4, 0.5) is 0 Å². The van der Waals surface area contributed by atoms with Crippen molar-refractivity contribution in [2.45, 2.75) is 13.8 Å². The summed E-state index contributed by atoms with van der Waals surface area (Å²) in [5, 5.41) is 0. The van der Waals surface area contributed by atoms with Crippen molar-refractivity contribution in [3.05, 3.63) is 11.8 Å². The Morgan fingerprint density at radius 3 is 2.40 bits per heavy atom. The molecule has 0 spiro atoms. The van der Waals surface area contributed by atoms with Crippen molar-refractivity contribution in [2.75, 3.05) is 19.6 Å². The second-order valence-corrected chi connectivity index (χ2v) is 3.82. The van der Waals surface area contributed by atoms with Gasteiger partial charge < -0.3 is 4.90 Å². The molecule has 0 N–H and O–H groups in total. The Kier molecular flexibility index (Phi) is 7.47. The lowest BCUT2D eigenvalue weighted by atomic mass is 10.5. The van der Waals surface area contributed by atoms with Crippen molar-refractivity contribution in [3.8, 4) is 0 Å². The third-order valence-electron chi connectivity index (χ3n) is 1.51. The van der Waals surface area contributed by atoms with Crippen LogP contribution >= 0.6 is 11.1 Å². The number of hydrogen-bond donors (Lipinski definition) is 0. The number of nitrogens with zero attached hydrogens (tertiary/aromatic N) is 1. The van der Waals surface area contributed by atoms with Crippen molar-refractivity contribution in [3.63, 3.8) is 0 Å². The third-order valence-corrected chi connectivity index (χ3v) is 2.56. The normalized spacial score (nSPS) is 12.8. The Morgan fingerprint density at radius 1 is 1.40 bits per heavy atom. The zero-order chi connectivity index (χ0) is 7.82. The van der Waals surface area contributed by atoms with Gasteiger partial charge in [-0.2, -0.15) is 11.1 Å². The van der Waals surface area contributed by atoms with Crippen molar-refractivity contribution < 1.29 is 0 Å². The van der Waals surface area contributed by atoms with Crippen LogP contribution in [0, 0.1) is 0 Å². The lowest BCUT2D eigenvalue weighted by Crippen LogP contribution is -2.22. The fourth-order valence-corrected chi connectivity index (χ4v) is 1.42. The van der Waals surface area contributed by atoms with Crippen LogP contribution in [-0.2, 0) is 0 Å². The quantitative estimate of drug-likeness (QED) is 0.450. The van der Waals surface area contributed by atoms with Crippen molar-refractivity contribution >= 4 is 19.9 Å². The van der Waals surface area contributed by atoms with Crippen molar-refractivity contribution in [1.82, 2.24) is 4.90 Å². The lowest BCUT2D eigenvalue weighted by Gasteiger charge is -2.14. The van der Waals surface area contributed by atoms with Gasteiger partial charge in [-0.15, -0.1) is 0 Å². The maximum atomic E-state index is 5.60. The molecular weight excluding hydrogens is 162 g/mol. The number of rotatable bonds is 5. The van der Waals surface area contributed by atoms with Crippen LogP contribution in [0.15, 0.2) is 11.8 Å². The molecular formula is C7H16ClNSi. The minimum Gasteiger partial charge on any atom is -0.300 e. The molecule has 0 bridgehead atoms. The van der Waals surface area contributed by atoms with Gasteiger partial charge in [0, 0.05) is 6.54 Å². The van der Waals surface area contributed by atoms with Gasteiger partial charge >= 0.3 is 0 Å². The Labute approximate surface area is 70.6 Å². The first-order valence-corrected chi connectivity index (χ1v) is 6.73. The van der Waals surface area contributed by atoms with Crippen LogP contribution in [0.5, 0.6) is 0 Å². The zero-order valence-electron chi connectivity index (χ0n) is 6.81. The third kappa shape index (κ3) is 5.03. The Bertz CT molecular complexity index is 91.6. The van der Waals surface area contributed by atoms with Crippen LogP contribution < -0.4 is 0 Å². The van der Waals surface area contributed by atoms with E-state index in [4.69, 9.17) is 11.1 Å². The van der Waals surface area contributed by atoms with Crippen LogP contribution in [0.2, 0.25) is 0 Å². The fraction of sp³-hybridized carbons (Fsp3) is 0.714. The summed E-state index contributed by atoms with van der Waals surface area (Å²) in [6.07, 6.45) is 2.17. The summed E-state index contributed by atoms with van der Waals surface area (Å²) in [4.78, 5) is 2.36. The van der Waals surface area contributed by atoms with Crippen LogP contribution in [-0.4, -0.2) is 33.4 Å².